The number of pyridine rings is 1. The van der Waals surface area contributed by atoms with E-state index in [9.17, 15) is 9.59 Å². The average Bonchev–Trinajstić information content (AvgIpc) is 2.64. The van der Waals surface area contributed by atoms with Crippen LogP contribution in [0.5, 0.6) is 0 Å². The van der Waals surface area contributed by atoms with Gasteiger partial charge in [0.25, 0.3) is 0 Å². The normalized spacial score (nSPS) is 10.4. The first-order valence-electron chi connectivity index (χ1n) is 9.22. The van der Waals surface area contributed by atoms with Gasteiger partial charge in [-0.25, -0.2) is 4.98 Å². The van der Waals surface area contributed by atoms with E-state index in [2.05, 4.69) is 34.4 Å². The highest BCUT2D eigenvalue weighted by Crippen LogP contribution is 2.21. The largest absolute Gasteiger partial charge is 0.357 e. The van der Waals surface area contributed by atoms with Crippen LogP contribution in [0, 0.1) is 20.8 Å². The van der Waals surface area contributed by atoms with Gasteiger partial charge in [-0.3, -0.25) is 9.59 Å². The standard InChI is InChI=1S/C21H28N4O2/c1-6-25(7-2)18-9-8-17(12-22-18)13-23-20(26)21(27)24-19-15(4)10-14(3)11-16(19)5/h8-12H,6-7,13H2,1-5H3,(H,23,26)(H,24,27). The Morgan fingerprint density at radius 1 is 1.00 bits per heavy atom. The van der Waals surface area contributed by atoms with Gasteiger partial charge in [0.05, 0.1) is 0 Å². The van der Waals surface area contributed by atoms with Gasteiger partial charge in [-0.15, -0.1) is 0 Å². The van der Waals surface area contributed by atoms with Crippen LogP contribution in [0.15, 0.2) is 30.5 Å². The third-order valence-electron chi connectivity index (χ3n) is 4.47. The highest BCUT2D eigenvalue weighted by atomic mass is 16.2. The molecule has 0 unspecified atom stereocenters. The quantitative estimate of drug-likeness (QED) is 0.769. The zero-order valence-corrected chi connectivity index (χ0v) is 16.7. The average molecular weight is 368 g/mol. The SMILES string of the molecule is CCN(CC)c1ccc(CNC(=O)C(=O)Nc2c(C)cc(C)cc2C)cn1. The van der Waals surface area contributed by atoms with Crippen LogP contribution >= 0.6 is 0 Å². The minimum absolute atomic E-state index is 0.254. The van der Waals surface area contributed by atoms with Crippen molar-refractivity contribution in [1.29, 1.82) is 0 Å². The second-order valence-corrected chi connectivity index (χ2v) is 6.61. The van der Waals surface area contributed by atoms with Gasteiger partial charge in [0.2, 0.25) is 0 Å². The summed E-state index contributed by atoms with van der Waals surface area (Å²) in [7, 11) is 0. The molecule has 0 radical (unpaired) electrons. The molecule has 0 bridgehead atoms. The van der Waals surface area contributed by atoms with Crippen molar-refractivity contribution in [3.63, 3.8) is 0 Å². The maximum absolute atomic E-state index is 12.2. The van der Waals surface area contributed by atoms with Crippen molar-refractivity contribution < 1.29 is 9.59 Å². The Morgan fingerprint density at radius 3 is 2.15 bits per heavy atom. The summed E-state index contributed by atoms with van der Waals surface area (Å²) in [5.74, 6) is -0.432. The van der Waals surface area contributed by atoms with Crippen molar-refractivity contribution in [3.8, 4) is 0 Å². The smallest absolute Gasteiger partial charge is 0.313 e. The molecule has 0 saturated carbocycles. The molecule has 2 aromatic rings. The zero-order chi connectivity index (χ0) is 20.0. The highest BCUT2D eigenvalue weighted by Gasteiger charge is 2.16. The molecule has 1 aromatic heterocycles. The topological polar surface area (TPSA) is 74.3 Å². The lowest BCUT2D eigenvalue weighted by molar-refractivity contribution is -0.136. The van der Waals surface area contributed by atoms with E-state index in [0.29, 0.717) is 5.69 Å². The summed E-state index contributed by atoms with van der Waals surface area (Å²) in [6.45, 7) is 12.0. The molecule has 27 heavy (non-hydrogen) atoms. The molecule has 1 heterocycles. The molecule has 0 atom stereocenters. The first-order chi connectivity index (χ1) is 12.8. The monoisotopic (exact) mass is 368 g/mol. The number of carbonyl (C=O) groups excluding carboxylic acids is 2. The van der Waals surface area contributed by atoms with Crippen LogP contribution in [-0.4, -0.2) is 29.9 Å². The summed E-state index contributed by atoms with van der Waals surface area (Å²) in [5, 5.41) is 5.35. The van der Waals surface area contributed by atoms with E-state index in [1.165, 1.54) is 0 Å². The van der Waals surface area contributed by atoms with Crippen LogP contribution in [-0.2, 0) is 16.1 Å². The molecule has 0 saturated heterocycles. The Bertz CT molecular complexity index is 788. The number of benzene rings is 1. The second kappa shape index (κ2) is 9.16. The first kappa shape index (κ1) is 20.4. The summed E-state index contributed by atoms with van der Waals surface area (Å²) in [6, 6.07) is 7.79. The maximum atomic E-state index is 12.2. The van der Waals surface area contributed by atoms with Crippen LogP contribution in [0.2, 0.25) is 0 Å². The van der Waals surface area contributed by atoms with Crippen molar-refractivity contribution in [3.05, 3.63) is 52.7 Å². The summed E-state index contributed by atoms with van der Waals surface area (Å²) in [5.41, 5.74) is 4.52. The Balaban J connectivity index is 1.94. The van der Waals surface area contributed by atoms with E-state index >= 15 is 0 Å². The van der Waals surface area contributed by atoms with Gasteiger partial charge in [-0.05, 0) is 57.4 Å². The van der Waals surface area contributed by atoms with Crippen LogP contribution in [0.25, 0.3) is 0 Å². The number of rotatable bonds is 6. The molecule has 0 aliphatic heterocycles. The predicted octanol–water partition coefficient (Wildman–Crippen LogP) is 3.11. The molecule has 0 fully saturated rings. The number of hydrogen-bond donors (Lipinski definition) is 2. The molecular weight excluding hydrogens is 340 g/mol. The van der Waals surface area contributed by atoms with Crippen molar-refractivity contribution in [1.82, 2.24) is 10.3 Å². The molecule has 0 aliphatic carbocycles. The first-order valence-corrected chi connectivity index (χ1v) is 9.22. The zero-order valence-electron chi connectivity index (χ0n) is 16.7. The molecule has 6 heteroatoms. The Kier molecular flexibility index (Phi) is 6.93. The van der Waals surface area contributed by atoms with Gasteiger partial charge >= 0.3 is 11.8 Å². The number of carbonyl (C=O) groups is 2. The van der Waals surface area contributed by atoms with E-state index in [1.807, 2.05) is 45.0 Å². The Labute approximate surface area is 161 Å². The number of aromatic nitrogens is 1. The van der Waals surface area contributed by atoms with Crippen LogP contribution in [0.4, 0.5) is 11.5 Å². The fourth-order valence-electron chi connectivity index (χ4n) is 3.07. The van der Waals surface area contributed by atoms with Gasteiger partial charge in [0.1, 0.15) is 5.82 Å². The number of anilines is 2. The third-order valence-corrected chi connectivity index (χ3v) is 4.47. The van der Waals surface area contributed by atoms with Gasteiger partial charge < -0.3 is 15.5 Å². The van der Waals surface area contributed by atoms with E-state index < -0.39 is 11.8 Å². The minimum Gasteiger partial charge on any atom is -0.357 e. The molecule has 0 aliphatic rings. The molecule has 6 nitrogen and oxygen atoms in total. The molecule has 1 aromatic carbocycles. The van der Waals surface area contributed by atoms with Gasteiger partial charge in [-0.2, -0.15) is 0 Å². The van der Waals surface area contributed by atoms with E-state index in [-0.39, 0.29) is 6.54 Å². The molecular formula is C21H28N4O2. The number of aryl methyl sites for hydroxylation is 3. The van der Waals surface area contributed by atoms with Crippen LogP contribution in [0.3, 0.4) is 0 Å². The van der Waals surface area contributed by atoms with E-state index in [1.54, 1.807) is 6.20 Å². The van der Waals surface area contributed by atoms with Gasteiger partial charge in [0.15, 0.2) is 0 Å². The van der Waals surface area contributed by atoms with Crippen LogP contribution < -0.4 is 15.5 Å². The fraction of sp³-hybridized carbons (Fsp3) is 0.381. The van der Waals surface area contributed by atoms with E-state index in [0.717, 1.165) is 41.2 Å². The van der Waals surface area contributed by atoms with Crippen molar-refractivity contribution in [2.24, 2.45) is 0 Å². The highest BCUT2D eigenvalue weighted by molar-refractivity contribution is 6.39. The maximum Gasteiger partial charge on any atom is 0.313 e. The van der Waals surface area contributed by atoms with Gasteiger partial charge in [-0.1, -0.05) is 23.8 Å². The summed E-state index contributed by atoms with van der Waals surface area (Å²) < 4.78 is 0. The number of amides is 2. The lowest BCUT2D eigenvalue weighted by Gasteiger charge is -2.19. The van der Waals surface area contributed by atoms with E-state index in [4.69, 9.17) is 0 Å². The number of nitrogens with zero attached hydrogens (tertiary/aromatic N) is 2. The third kappa shape index (κ3) is 5.29. The van der Waals surface area contributed by atoms with Crippen LogP contribution in [0.1, 0.15) is 36.1 Å². The minimum atomic E-state index is -0.669. The van der Waals surface area contributed by atoms with Crippen molar-refractivity contribution in [2.45, 2.75) is 41.2 Å². The molecule has 2 amide bonds. The van der Waals surface area contributed by atoms with Crippen molar-refractivity contribution in [2.75, 3.05) is 23.3 Å². The number of hydrogen-bond acceptors (Lipinski definition) is 4. The lowest BCUT2D eigenvalue weighted by atomic mass is 10.1. The summed E-state index contributed by atoms with van der Waals surface area (Å²) in [4.78, 5) is 30.9. The lowest BCUT2D eigenvalue weighted by Crippen LogP contribution is -2.35. The molecule has 0 spiro atoms. The predicted molar refractivity (Wildman–Crippen MR) is 109 cm³/mol. The Hall–Kier alpha value is -2.89. The van der Waals surface area contributed by atoms with Crippen molar-refractivity contribution >= 4 is 23.3 Å². The Morgan fingerprint density at radius 2 is 1.63 bits per heavy atom. The second-order valence-electron chi connectivity index (χ2n) is 6.61. The molecule has 144 valence electrons. The molecule has 2 rings (SSSR count). The van der Waals surface area contributed by atoms with Gasteiger partial charge in [0, 0.05) is 31.5 Å². The number of nitrogens with one attached hydrogen (secondary N) is 2. The molecule has 2 N–H and O–H groups in total. The summed E-state index contributed by atoms with van der Waals surface area (Å²) in [6.07, 6.45) is 1.72. The summed E-state index contributed by atoms with van der Waals surface area (Å²) >= 11 is 0. The fourth-order valence-corrected chi connectivity index (χ4v) is 3.07.